The molecule has 0 unspecified atom stereocenters. The summed E-state index contributed by atoms with van der Waals surface area (Å²) >= 11 is 0. The average molecular weight is 257 g/mol. The van der Waals surface area contributed by atoms with Gasteiger partial charge in [-0.1, -0.05) is 19.3 Å². The third-order valence-electron chi connectivity index (χ3n) is 3.86. The second kappa shape index (κ2) is 8.89. The smallest absolute Gasteiger partial charge is 0.0634 e. The Morgan fingerprint density at radius 2 is 1.83 bits per heavy atom. The first-order valence-electron chi connectivity index (χ1n) is 7.51. The summed E-state index contributed by atoms with van der Waals surface area (Å²) in [6, 6.07) is 0. The molecule has 1 aliphatic carbocycles. The van der Waals surface area contributed by atoms with Gasteiger partial charge in [-0.25, -0.2) is 0 Å². The van der Waals surface area contributed by atoms with Gasteiger partial charge < -0.3 is 14.8 Å². The second-order valence-electron chi connectivity index (χ2n) is 5.95. The lowest BCUT2D eigenvalue weighted by molar-refractivity contribution is 0.0150. The van der Waals surface area contributed by atoms with Gasteiger partial charge in [0.05, 0.1) is 11.7 Å². The van der Waals surface area contributed by atoms with Crippen LogP contribution in [0.2, 0.25) is 0 Å². The maximum atomic E-state index is 5.89. The van der Waals surface area contributed by atoms with Crippen LogP contribution >= 0.6 is 0 Å². The van der Waals surface area contributed by atoms with Crippen molar-refractivity contribution in [1.29, 1.82) is 0 Å². The third-order valence-corrected chi connectivity index (χ3v) is 3.86. The number of ether oxygens (including phenoxy) is 2. The molecule has 0 aromatic carbocycles. The lowest BCUT2D eigenvalue weighted by Gasteiger charge is -2.23. The molecule has 1 rings (SSSR count). The van der Waals surface area contributed by atoms with Gasteiger partial charge in [-0.15, -0.1) is 0 Å². The van der Waals surface area contributed by atoms with Gasteiger partial charge in [0.15, 0.2) is 0 Å². The summed E-state index contributed by atoms with van der Waals surface area (Å²) in [5.74, 6) is 0. The van der Waals surface area contributed by atoms with Crippen LogP contribution in [0.25, 0.3) is 0 Å². The minimum Gasteiger partial charge on any atom is -0.379 e. The van der Waals surface area contributed by atoms with E-state index in [4.69, 9.17) is 9.47 Å². The van der Waals surface area contributed by atoms with Crippen LogP contribution in [0.1, 0.15) is 58.8 Å². The molecule has 3 heteroatoms. The summed E-state index contributed by atoms with van der Waals surface area (Å²) in [5, 5.41) is 3.45. The molecule has 1 fully saturated rings. The zero-order chi connectivity index (χ0) is 13.3. The van der Waals surface area contributed by atoms with Crippen molar-refractivity contribution in [3.05, 3.63) is 0 Å². The number of rotatable bonds is 9. The molecule has 0 amide bonds. The van der Waals surface area contributed by atoms with Crippen molar-refractivity contribution in [1.82, 2.24) is 5.32 Å². The molecule has 3 nitrogen and oxygen atoms in total. The molecule has 0 bridgehead atoms. The predicted octanol–water partition coefficient (Wildman–Crippen LogP) is 3.13. The van der Waals surface area contributed by atoms with Gasteiger partial charge in [-0.05, 0) is 52.6 Å². The maximum Gasteiger partial charge on any atom is 0.0634 e. The maximum absolute atomic E-state index is 5.89. The van der Waals surface area contributed by atoms with Crippen LogP contribution in [0.4, 0.5) is 0 Å². The van der Waals surface area contributed by atoms with Crippen molar-refractivity contribution in [2.45, 2.75) is 70.5 Å². The molecular formula is C15H31NO2. The SMILES string of the molecule is COC(C)(C)CCNCCCOC1CCCCC1. The van der Waals surface area contributed by atoms with E-state index in [-0.39, 0.29) is 5.60 Å². The van der Waals surface area contributed by atoms with Crippen molar-refractivity contribution >= 4 is 0 Å². The largest absolute Gasteiger partial charge is 0.379 e. The topological polar surface area (TPSA) is 30.5 Å². The molecular weight excluding hydrogens is 226 g/mol. The van der Waals surface area contributed by atoms with Gasteiger partial charge in [0.25, 0.3) is 0 Å². The minimum atomic E-state index is -0.00834. The zero-order valence-corrected chi connectivity index (χ0v) is 12.5. The van der Waals surface area contributed by atoms with Crippen molar-refractivity contribution in [2.75, 3.05) is 26.8 Å². The van der Waals surface area contributed by atoms with Crippen molar-refractivity contribution in [2.24, 2.45) is 0 Å². The first-order chi connectivity index (χ1) is 8.64. The fourth-order valence-corrected chi connectivity index (χ4v) is 2.30. The molecule has 1 aliphatic rings. The van der Waals surface area contributed by atoms with Crippen LogP contribution in [0.15, 0.2) is 0 Å². The fourth-order valence-electron chi connectivity index (χ4n) is 2.30. The molecule has 1 saturated carbocycles. The first kappa shape index (κ1) is 15.9. The summed E-state index contributed by atoms with van der Waals surface area (Å²) in [6.07, 6.45) is 9.37. The van der Waals surface area contributed by atoms with Gasteiger partial charge in [0.1, 0.15) is 0 Å². The second-order valence-corrected chi connectivity index (χ2v) is 5.95. The Morgan fingerprint density at radius 1 is 1.11 bits per heavy atom. The van der Waals surface area contributed by atoms with E-state index >= 15 is 0 Å². The average Bonchev–Trinajstić information content (AvgIpc) is 2.39. The Balaban J connectivity index is 1.86. The molecule has 0 aromatic heterocycles. The number of hydrogen-bond acceptors (Lipinski definition) is 3. The molecule has 0 heterocycles. The van der Waals surface area contributed by atoms with Crippen LogP contribution < -0.4 is 5.32 Å². The summed E-state index contributed by atoms with van der Waals surface area (Å²) < 4.78 is 11.3. The number of methoxy groups -OCH3 is 1. The molecule has 108 valence electrons. The Morgan fingerprint density at radius 3 is 2.50 bits per heavy atom. The molecule has 0 spiro atoms. The Hall–Kier alpha value is -0.120. The fraction of sp³-hybridized carbons (Fsp3) is 1.00. The standard InChI is InChI=1S/C15H31NO2/c1-15(2,17-3)10-12-16-11-7-13-18-14-8-5-4-6-9-14/h14,16H,4-13H2,1-3H3. The lowest BCUT2D eigenvalue weighted by atomic mass is 9.98. The van der Waals surface area contributed by atoms with E-state index in [2.05, 4.69) is 19.2 Å². The molecule has 18 heavy (non-hydrogen) atoms. The third kappa shape index (κ3) is 7.34. The van der Waals surface area contributed by atoms with Gasteiger partial charge in [0.2, 0.25) is 0 Å². The van der Waals surface area contributed by atoms with Crippen LogP contribution in [-0.4, -0.2) is 38.5 Å². The quantitative estimate of drug-likeness (QED) is 0.644. The van der Waals surface area contributed by atoms with E-state index in [1.807, 2.05) is 0 Å². The Labute approximate surface area is 113 Å². The summed E-state index contributed by atoms with van der Waals surface area (Å²) in [6.45, 7) is 7.23. The number of hydrogen-bond donors (Lipinski definition) is 1. The Kier molecular flexibility index (Phi) is 7.87. The summed E-state index contributed by atoms with van der Waals surface area (Å²) in [5.41, 5.74) is -0.00834. The van der Waals surface area contributed by atoms with Gasteiger partial charge in [0, 0.05) is 13.7 Å². The Bertz CT molecular complexity index is 201. The van der Waals surface area contributed by atoms with Crippen molar-refractivity contribution in [3.63, 3.8) is 0 Å². The summed E-state index contributed by atoms with van der Waals surface area (Å²) in [7, 11) is 1.78. The zero-order valence-electron chi connectivity index (χ0n) is 12.5. The minimum absolute atomic E-state index is 0.00834. The highest BCUT2D eigenvalue weighted by Crippen LogP contribution is 2.20. The van der Waals surface area contributed by atoms with E-state index in [1.165, 1.54) is 32.1 Å². The molecule has 0 radical (unpaired) electrons. The van der Waals surface area contributed by atoms with Crippen LogP contribution in [0.5, 0.6) is 0 Å². The van der Waals surface area contributed by atoms with E-state index in [9.17, 15) is 0 Å². The monoisotopic (exact) mass is 257 g/mol. The molecule has 0 saturated heterocycles. The van der Waals surface area contributed by atoms with Crippen LogP contribution in [0.3, 0.4) is 0 Å². The first-order valence-corrected chi connectivity index (χ1v) is 7.51. The van der Waals surface area contributed by atoms with E-state index in [0.29, 0.717) is 6.10 Å². The highest BCUT2D eigenvalue weighted by Gasteiger charge is 2.15. The van der Waals surface area contributed by atoms with Gasteiger partial charge in [-0.2, -0.15) is 0 Å². The van der Waals surface area contributed by atoms with Gasteiger partial charge >= 0.3 is 0 Å². The molecule has 1 N–H and O–H groups in total. The normalized spacial score (nSPS) is 18.2. The van der Waals surface area contributed by atoms with E-state index < -0.39 is 0 Å². The highest BCUT2D eigenvalue weighted by molar-refractivity contribution is 4.69. The van der Waals surface area contributed by atoms with E-state index in [0.717, 1.165) is 32.5 Å². The van der Waals surface area contributed by atoms with Crippen molar-refractivity contribution in [3.8, 4) is 0 Å². The lowest BCUT2D eigenvalue weighted by Crippen LogP contribution is -2.29. The predicted molar refractivity (Wildman–Crippen MR) is 76.0 cm³/mol. The summed E-state index contributed by atoms with van der Waals surface area (Å²) in [4.78, 5) is 0. The highest BCUT2D eigenvalue weighted by atomic mass is 16.5. The van der Waals surface area contributed by atoms with Crippen LogP contribution in [-0.2, 0) is 9.47 Å². The molecule has 0 aromatic rings. The molecule has 0 atom stereocenters. The van der Waals surface area contributed by atoms with Crippen molar-refractivity contribution < 1.29 is 9.47 Å². The molecule has 0 aliphatic heterocycles. The number of nitrogens with one attached hydrogen (secondary N) is 1. The van der Waals surface area contributed by atoms with Crippen LogP contribution in [0, 0.1) is 0 Å². The van der Waals surface area contributed by atoms with E-state index in [1.54, 1.807) is 7.11 Å². The van der Waals surface area contributed by atoms with Gasteiger partial charge in [-0.3, -0.25) is 0 Å².